The zero-order valence-corrected chi connectivity index (χ0v) is 19.1. The molecule has 1 aliphatic rings. The third-order valence-electron chi connectivity index (χ3n) is 7.48. The first-order valence-electron chi connectivity index (χ1n) is 11.7. The van der Waals surface area contributed by atoms with Gasteiger partial charge >= 0.3 is 0 Å². The molecule has 3 nitrogen and oxygen atoms in total. The molecule has 3 heteroatoms. The fourth-order valence-corrected chi connectivity index (χ4v) is 5.83. The number of fused-ring (bicyclic) bond motifs is 7. The molecule has 0 radical (unpaired) electrons. The number of rotatable bonds is 1. The third kappa shape index (κ3) is 2.79. The Balaban J connectivity index is 1.65. The molecule has 0 atom stereocenters. The fraction of sp³-hybridized carbons (Fsp3) is 0.0625. The summed E-state index contributed by atoms with van der Waals surface area (Å²) < 4.78 is 6.53. The lowest BCUT2D eigenvalue weighted by molar-refractivity contribution is 0.431. The summed E-state index contributed by atoms with van der Waals surface area (Å²) in [4.78, 5) is 0. The van der Waals surface area contributed by atoms with Gasteiger partial charge < -0.3 is 14.9 Å². The van der Waals surface area contributed by atoms with E-state index in [9.17, 15) is 10.2 Å². The molecule has 0 saturated carbocycles. The predicted molar refractivity (Wildman–Crippen MR) is 141 cm³/mol. The maximum atomic E-state index is 10.2. The summed E-state index contributed by atoms with van der Waals surface area (Å²) in [7, 11) is 0. The molecule has 1 aliphatic heterocycles. The van der Waals surface area contributed by atoms with Crippen LogP contribution in [0.1, 0.15) is 23.6 Å². The molecule has 0 spiro atoms. The van der Waals surface area contributed by atoms with Crippen LogP contribution in [0.15, 0.2) is 103 Å². The van der Waals surface area contributed by atoms with Gasteiger partial charge in [0.25, 0.3) is 0 Å². The Labute approximate surface area is 202 Å². The van der Waals surface area contributed by atoms with Gasteiger partial charge in [-0.3, -0.25) is 0 Å². The number of phenolic OH excluding ortho intramolecular Hbond substituents is 2. The second-order valence-electron chi connectivity index (χ2n) is 9.48. The van der Waals surface area contributed by atoms with Crippen molar-refractivity contribution in [1.82, 2.24) is 0 Å². The van der Waals surface area contributed by atoms with Crippen LogP contribution in [0.5, 0.6) is 23.0 Å². The molecular weight excluding hydrogens is 432 g/mol. The van der Waals surface area contributed by atoms with Crippen LogP contribution in [0.4, 0.5) is 0 Å². The Morgan fingerprint density at radius 2 is 1.09 bits per heavy atom. The van der Waals surface area contributed by atoms with Gasteiger partial charge in [-0.05, 0) is 87.3 Å². The highest BCUT2D eigenvalue weighted by Gasteiger charge is 2.42. The zero-order chi connectivity index (χ0) is 23.7. The van der Waals surface area contributed by atoms with Gasteiger partial charge in [-0.2, -0.15) is 0 Å². The van der Waals surface area contributed by atoms with Gasteiger partial charge in [0.15, 0.2) is 0 Å². The van der Waals surface area contributed by atoms with E-state index < -0.39 is 5.41 Å². The second-order valence-corrected chi connectivity index (χ2v) is 9.48. The molecule has 0 amide bonds. The maximum absolute atomic E-state index is 10.2. The summed E-state index contributed by atoms with van der Waals surface area (Å²) in [5, 5.41) is 26.7. The first-order valence-corrected chi connectivity index (χ1v) is 11.7. The van der Waals surface area contributed by atoms with Gasteiger partial charge in [0.05, 0.1) is 5.41 Å². The third-order valence-corrected chi connectivity index (χ3v) is 7.48. The molecule has 0 aliphatic carbocycles. The Bertz CT molecular complexity index is 1720. The van der Waals surface area contributed by atoms with Crippen LogP contribution in [-0.4, -0.2) is 10.2 Å². The van der Waals surface area contributed by atoms with Crippen LogP contribution in [0.3, 0.4) is 0 Å². The normalized spacial score (nSPS) is 14.0. The smallest absolute Gasteiger partial charge is 0.132 e. The van der Waals surface area contributed by atoms with Crippen molar-refractivity contribution in [1.29, 1.82) is 0 Å². The quantitative estimate of drug-likeness (QED) is 0.264. The van der Waals surface area contributed by atoms with Gasteiger partial charge in [-0.1, -0.05) is 60.7 Å². The van der Waals surface area contributed by atoms with E-state index in [1.54, 1.807) is 24.3 Å². The summed E-state index contributed by atoms with van der Waals surface area (Å²) in [6, 6.07) is 34.1. The largest absolute Gasteiger partial charge is 0.508 e. The fourth-order valence-electron chi connectivity index (χ4n) is 5.83. The number of hydrogen-bond acceptors (Lipinski definition) is 3. The molecule has 0 fully saturated rings. The summed E-state index contributed by atoms with van der Waals surface area (Å²) in [6.45, 7) is 2.26. The van der Waals surface area contributed by atoms with E-state index in [4.69, 9.17) is 4.74 Å². The molecule has 1 heterocycles. The first kappa shape index (κ1) is 19.9. The van der Waals surface area contributed by atoms with Crippen molar-refractivity contribution in [2.75, 3.05) is 0 Å². The Morgan fingerprint density at radius 3 is 1.69 bits per heavy atom. The highest BCUT2D eigenvalue weighted by molar-refractivity contribution is 5.97. The van der Waals surface area contributed by atoms with Gasteiger partial charge in [0.2, 0.25) is 0 Å². The average Bonchev–Trinajstić information content (AvgIpc) is 2.87. The lowest BCUT2D eigenvalue weighted by Gasteiger charge is -2.40. The summed E-state index contributed by atoms with van der Waals surface area (Å²) in [5.41, 5.74) is 2.74. The van der Waals surface area contributed by atoms with Gasteiger partial charge in [0.1, 0.15) is 23.0 Å². The van der Waals surface area contributed by atoms with Gasteiger partial charge in [-0.25, -0.2) is 0 Å². The van der Waals surface area contributed by atoms with Crippen molar-refractivity contribution < 1.29 is 14.9 Å². The minimum atomic E-state index is -0.556. The molecule has 0 bridgehead atoms. The van der Waals surface area contributed by atoms with E-state index in [2.05, 4.69) is 49.4 Å². The highest BCUT2D eigenvalue weighted by Crippen LogP contribution is 2.56. The number of aromatic hydroxyl groups is 2. The van der Waals surface area contributed by atoms with Crippen molar-refractivity contribution in [2.45, 2.75) is 12.3 Å². The summed E-state index contributed by atoms with van der Waals surface area (Å²) in [5.74, 6) is 2.10. The molecule has 6 aromatic carbocycles. The Morgan fingerprint density at radius 1 is 0.543 bits per heavy atom. The molecule has 0 saturated heterocycles. The molecule has 2 N–H and O–H groups in total. The summed E-state index contributed by atoms with van der Waals surface area (Å²) >= 11 is 0. The van der Waals surface area contributed by atoms with Gasteiger partial charge in [0, 0.05) is 11.1 Å². The van der Waals surface area contributed by atoms with E-state index >= 15 is 0 Å². The van der Waals surface area contributed by atoms with Crippen LogP contribution < -0.4 is 4.74 Å². The van der Waals surface area contributed by atoms with Crippen LogP contribution in [0.25, 0.3) is 32.3 Å². The average molecular weight is 455 g/mol. The van der Waals surface area contributed by atoms with Crippen LogP contribution in [0.2, 0.25) is 0 Å². The first-order chi connectivity index (χ1) is 17.0. The van der Waals surface area contributed by atoms with E-state index in [0.717, 1.165) is 49.7 Å². The minimum Gasteiger partial charge on any atom is -0.508 e. The minimum absolute atomic E-state index is 0.239. The zero-order valence-electron chi connectivity index (χ0n) is 19.1. The van der Waals surface area contributed by atoms with Crippen molar-refractivity contribution in [3.8, 4) is 23.0 Å². The maximum Gasteiger partial charge on any atom is 0.132 e. The number of ether oxygens (including phenoxy) is 1. The van der Waals surface area contributed by atoms with E-state index in [-0.39, 0.29) is 11.5 Å². The lowest BCUT2D eigenvalue weighted by atomic mass is 9.66. The lowest BCUT2D eigenvalue weighted by Crippen LogP contribution is -2.30. The molecule has 6 aromatic rings. The molecule has 0 aromatic heterocycles. The molecular formula is C32H22O3. The SMILES string of the molecule is CC1(c2ccc3ccccc3c2)c2c(ccc3cc(O)ccc23)Oc2ccc3cc(O)ccc3c21. The monoisotopic (exact) mass is 454 g/mol. The van der Waals surface area contributed by atoms with Crippen molar-refractivity contribution in [3.63, 3.8) is 0 Å². The highest BCUT2D eigenvalue weighted by atomic mass is 16.5. The molecule has 7 rings (SSSR count). The standard InChI is InChI=1S/C32H22O3/c1-32(23-9-6-19-4-2-3-5-20(19)16-23)30-26-12-10-24(33)17-21(26)7-14-28(30)35-29-15-8-22-18-25(34)11-13-27(22)31(29)32/h2-18,33-34H,1H3. The molecule has 168 valence electrons. The second kappa shape index (κ2) is 7.00. The van der Waals surface area contributed by atoms with E-state index in [1.807, 2.05) is 36.4 Å². The Kier molecular flexibility index (Phi) is 3.99. The number of phenols is 2. The van der Waals surface area contributed by atoms with Crippen LogP contribution >= 0.6 is 0 Å². The summed E-state index contributed by atoms with van der Waals surface area (Å²) in [6.07, 6.45) is 0. The topological polar surface area (TPSA) is 49.7 Å². The molecule has 35 heavy (non-hydrogen) atoms. The van der Waals surface area contributed by atoms with E-state index in [1.165, 1.54) is 10.8 Å². The van der Waals surface area contributed by atoms with Gasteiger partial charge in [-0.15, -0.1) is 0 Å². The molecule has 0 unspecified atom stereocenters. The van der Waals surface area contributed by atoms with Crippen molar-refractivity contribution in [3.05, 3.63) is 120 Å². The number of benzene rings is 6. The van der Waals surface area contributed by atoms with Crippen molar-refractivity contribution in [2.24, 2.45) is 0 Å². The van der Waals surface area contributed by atoms with Crippen molar-refractivity contribution >= 4 is 32.3 Å². The Hall–Kier alpha value is -4.50. The van der Waals surface area contributed by atoms with Crippen LogP contribution in [0, 0.1) is 0 Å². The van der Waals surface area contributed by atoms with Crippen LogP contribution in [-0.2, 0) is 5.41 Å². The van der Waals surface area contributed by atoms with E-state index in [0.29, 0.717) is 0 Å². The predicted octanol–water partition coefficient (Wildman–Crippen LogP) is 8.02. The number of hydrogen-bond donors (Lipinski definition) is 2.